The van der Waals surface area contributed by atoms with Crippen LogP contribution in [0, 0.1) is 5.82 Å². The van der Waals surface area contributed by atoms with Gasteiger partial charge in [0.15, 0.2) is 0 Å². The van der Waals surface area contributed by atoms with E-state index in [-0.39, 0.29) is 18.1 Å². The molecule has 27 heavy (non-hydrogen) atoms. The van der Waals surface area contributed by atoms with E-state index in [1.54, 1.807) is 44.6 Å². The van der Waals surface area contributed by atoms with Gasteiger partial charge in [0.1, 0.15) is 17.3 Å². The van der Waals surface area contributed by atoms with Crippen molar-refractivity contribution in [2.45, 2.75) is 12.8 Å². The summed E-state index contributed by atoms with van der Waals surface area (Å²) in [6.07, 6.45) is 0.806. The van der Waals surface area contributed by atoms with Crippen LogP contribution in [0.5, 0.6) is 11.5 Å². The number of anilines is 1. The number of benzene rings is 2. The highest BCUT2D eigenvalue weighted by Gasteiger charge is 2.11. The number of nitrogens with zero attached hydrogens (tertiary/aromatic N) is 1. The normalized spacial score (nSPS) is 10.5. The Kier molecular flexibility index (Phi) is 6.03. The molecule has 1 amide bonds. The van der Waals surface area contributed by atoms with Crippen LogP contribution in [0.3, 0.4) is 0 Å². The van der Waals surface area contributed by atoms with Crippen LogP contribution < -0.4 is 14.8 Å². The van der Waals surface area contributed by atoms with E-state index in [4.69, 9.17) is 9.47 Å². The predicted molar refractivity (Wildman–Crippen MR) is 104 cm³/mol. The van der Waals surface area contributed by atoms with Crippen LogP contribution in [0.15, 0.2) is 47.8 Å². The van der Waals surface area contributed by atoms with Gasteiger partial charge in [-0.1, -0.05) is 0 Å². The molecule has 0 fully saturated rings. The Morgan fingerprint density at radius 2 is 1.93 bits per heavy atom. The first kappa shape index (κ1) is 18.8. The third kappa shape index (κ3) is 4.83. The summed E-state index contributed by atoms with van der Waals surface area (Å²) in [5.74, 6) is 0.783. The molecular formula is C20H19FN2O3S. The first-order chi connectivity index (χ1) is 13.1. The number of aryl methyl sites for hydroxylation is 1. The Labute approximate surface area is 160 Å². The summed E-state index contributed by atoms with van der Waals surface area (Å²) in [6, 6.07) is 11.4. The zero-order valence-electron chi connectivity index (χ0n) is 15.0. The van der Waals surface area contributed by atoms with Gasteiger partial charge in [-0.05, 0) is 36.4 Å². The lowest BCUT2D eigenvalue weighted by Gasteiger charge is -2.11. The molecule has 0 aliphatic carbocycles. The van der Waals surface area contributed by atoms with E-state index in [0.717, 1.165) is 16.3 Å². The first-order valence-electron chi connectivity index (χ1n) is 8.31. The number of halogens is 1. The number of aromatic nitrogens is 1. The van der Waals surface area contributed by atoms with E-state index in [0.29, 0.717) is 23.6 Å². The third-order valence-corrected chi connectivity index (χ3v) is 4.85. The molecule has 3 rings (SSSR count). The number of nitrogens with one attached hydrogen (secondary N) is 1. The molecule has 0 aliphatic rings. The maximum absolute atomic E-state index is 13.0. The quantitative estimate of drug-likeness (QED) is 0.648. The largest absolute Gasteiger partial charge is 0.497 e. The molecular weight excluding hydrogens is 367 g/mol. The predicted octanol–water partition coefficient (Wildman–Crippen LogP) is 4.54. The second-order valence-electron chi connectivity index (χ2n) is 5.75. The van der Waals surface area contributed by atoms with Crippen LogP contribution in [0.25, 0.3) is 11.3 Å². The summed E-state index contributed by atoms with van der Waals surface area (Å²) in [7, 11) is 3.11. The average Bonchev–Trinajstić information content (AvgIpc) is 3.16. The fraction of sp³-hybridized carbons (Fsp3) is 0.200. The van der Waals surface area contributed by atoms with E-state index < -0.39 is 0 Å². The summed E-state index contributed by atoms with van der Waals surface area (Å²) in [5, 5.41) is 5.60. The molecule has 0 saturated heterocycles. The Bertz CT molecular complexity index is 925. The lowest BCUT2D eigenvalue weighted by molar-refractivity contribution is -0.116. The molecule has 0 bridgehead atoms. The molecule has 2 aromatic carbocycles. The van der Waals surface area contributed by atoms with Crippen molar-refractivity contribution in [1.29, 1.82) is 0 Å². The maximum Gasteiger partial charge on any atom is 0.224 e. The molecule has 0 unspecified atom stereocenters. The van der Waals surface area contributed by atoms with Crippen molar-refractivity contribution >= 4 is 22.9 Å². The highest BCUT2D eigenvalue weighted by atomic mass is 32.1. The Balaban J connectivity index is 1.61. The van der Waals surface area contributed by atoms with E-state index in [2.05, 4.69) is 10.3 Å². The standard InChI is InChI=1S/C20H19FN2O3S/c1-25-15-7-8-18(26-2)16(11-15)22-19(24)9-10-20-23-17(12-27-20)13-3-5-14(21)6-4-13/h3-8,11-12H,9-10H2,1-2H3,(H,22,24). The lowest BCUT2D eigenvalue weighted by atomic mass is 10.2. The topological polar surface area (TPSA) is 60.5 Å². The summed E-state index contributed by atoms with van der Waals surface area (Å²) < 4.78 is 23.5. The van der Waals surface area contributed by atoms with Crippen molar-refractivity contribution < 1.29 is 18.7 Å². The number of hydrogen-bond acceptors (Lipinski definition) is 5. The van der Waals surface area contributed by atoms with E-state index in [1.807, 2.05) is 5.38 Å². The van der Waals surface area contributed by atoms with Crippen LogP contribution in [0.4, 0.5) is 10.1 Å². The second-order valence-corrected chi connectivity index (χ2v) is 6.69. The minimum absolute atomic E-state index is 0.139. The van der Waals surface area contributed by atoms with Crippen molar-refractivity contribution in [2.75, 3.05) is 19.5 Å². The van der Waals surface area contributed by atoms with Gasteiger partial charge >= 0.3 is 0 Å². The zero-order valence-corrected chi connectivity index (χ0v) is 15.8. The van der Waals surface area contributed by atoms with Crippen molar-refractivity contribution in [3.63, 3.8) is 0 Å². The summed E-state index contributed by atoms with van der Waals surface area (Å²) in [5.41, 5.74) is 2.20. The SMILES string of the molecule is COc1ccc(OC)c(NC(=O)CCc2nc(-c3ccc(F)cc3)cs2)c1. The Morgan fingerprint density at radius 1 is 1.15 bits per heavy atom. The van der Waals surface area contributed by atoms with Crippen molar-refractivity contribution in [1.82, 2.24) is 4.98 Å². The highest BCUT2D eigenvalue weighted by Crippen LogP contribution is 2.29. The molecule has 7 heteroatoms. The molecule has 0 aliphatic heterocycles. The van der Waals surface area contributed by atoms with Gasteiger partial charge in [0.25, 0.3) is 0 Å². The average molecular weight is 386 g/mol. The van der Waals surface area contributed by atoms with Crippen LogP contribution >= 0.6 is 11.3 Å². The number of amides is 1. The van der Waals surface area contributed by atoms with E-state index in [9.17, 15) is 9.18 Å². The third-order valence-electron chi connectivity index (χ3n) is 3.94. The molecule has 1 aromatic heterocycles. The number of methoxy groups -OCH3 is 2. The van der Waals surface area contributed by atoms with Crippen molar-refractivity contribution in [3.05, 3.63) is 58.7 Å². The number of ether oxygens (including phenoxy) is 2. The molecule has 1 heterocycles. The lowest BCUT2D eigenvalue weighted by Crippen LogP contribution is -2.13. The van der Waals surface area contributed by atoms with Gasteiger partial charge in [-0.25, -0.2) is 9.37 Å². The first-order valence-corrected chi connectivity index (χ1v) is 9.19. The van der Waals surface area contributed by atoms with E-state index in [1.165, 1.54) is 23.5 Å². The zero-order chi connectivity index (χ0) is 19.2. The number of thiazole rings is 1. The fourth-order valence-corrected chi connectivity index (χ4v) is 3.33. The fourth-order valence-electron chi connectivity index (χ4n) is 2.52. The minimum atomic E-state index is -0.279. The van der Waals surface area contributed by atoms with Gasteiger partial charge in [0.2, 0.25) is 5.91 Å². The summed E-state index contributed by atoms with van der Waals surface area (Å²) in [4.78, 5) is 16.8. The van der Waals surface area contributed by atoms with Crippen molar-refractivity contribution in [2.24, 2.45) is 0 Å². The molecule has 0 spiro atoms. The molecule has 0 saturated carbocycles. The molecule has 1 N–H and O–H groups in total. The molecule has 5 nitrogen and oxygen atoms in total. The van der Waals surface area contributed by atoms with Crippen LogP contribution in [-0.4, -0.2) is 25.1 Å². The number of carbonyl (C=O) groups is 1. The molecule has 0 radical (unpaired) electrons. The van der Waals surface area contributed by atoms with Crippen molar-refractivity contribution in [3.8, 4) is 22.8 Å². The summed E-state index contributed by atoms with van der Waals surface area (Å²) >= 11 is 1.48. The minimum Gasteiger partial charge on any atom is -0.497 e. The van der Waals surface area contributed by atoms with Crippen LogP contribution in [-0.2, 0) is 11.2 Å². The van der Waals surface area contributed by atoms with Gasteiger partial charge < -0.3 is 14.8 Å². The molecule has 3 aromatic rings. The van der Waals surface area contributed by atoms with Gasteiger partial charge in [-0.15, -0.1) is 11.3 Å². The number of hydrogen-bond donors (Lipinski definition) is 1. The Hall–Kier alpha value is -2.93. The van der Waals surface area contributed by atoms with Crippen LogP contribution in [0.2, 0.25) is 0 Å². The van der Waals surface area contributed by atoms with Gasteiger partial charge in [-0.3, -0.25) is 4.79 Å². The van der Waals surface area contributed by atoms with E-state index >= 15 is 0 Å². The maximum atomic E-state index is 13.0. The van der Waals surface area contributed by atoms with Gasteiger partial charge in [0, 0.05) is 29.9 Å². The number of rotatable bonds is 7. The number of carbonyl (C=O) groups excluding carboxylic acids is 1. The van der Waals surface area contributed by atoms with Gasteiger partial charge in [0.05, 0.1) is 30.6 Å². The molecule has 0 atom stereocenters. The second kappa shape index (κ2) is 8.64. The highest BCUT2D eigenvalue weighted by molar-refractivity contribution is 7.09. The Morgan fingerprint density at radius 3 is 2.63 bits per heavy atom. The van der Waals surface area contributed by atoms with Crippen LogP contribution in [0.1, 0.15) is 11.4 Å². The molecule has 140 valence electrons. The smallest absolute Gasteiger partial charge is 0.224 e. The summed E-state index contributed by atoms with van der Waals surface area (Å²) in [6.45, 7) is 0. The van der Waals surface area contributed by atoms with Gasteiger partial charge in [-0.2, -0.15) is 0 Å². The monoisotopic (exact) mass is 386 g/mol.